The Kier molecular flexibility index (Phi) is 6.28. The number of hydrogen-bond acceptors (Lipinski definition) is 8. The number of aromatic hydroxyl groups is 1. The molecule has 3 rings (SSSR count). The van der Waals surface area contributed by atoms with E-state index >= 15 is 0 Å². The summed E-state index contributed by atoms with van der Waals surface area (Å²) in [4.78, 5) is 12.4. The summed E-state index contributed by atoms with van der Waals surface area (Å²) in [6.45, 7) is -0.580. The highest BCUT2D eigenvalue weighted by Gasteiger charge is 2.44. The highest BCUT2D eigenvalue weighted by atomic mass is 16.7. The summed E-state index contributed by atoms with van der Waals surface area (Å²) in [5, 5.41) is 49.0. The van der Waals surface area contributed by atoms with Crippen LogP contribution >= 0.6 is 0 Å². The van der Waals surface area contributed by atoms with Crippen molar-refractivity contribution in [3.05, 3.63) is 59.7 Å². The maximum Gasteiger partial charge on any atom is 0.229 e. The van der Waals surface area contributed by atoms with Crippen molar-refractivity contribution < 1.29 is 39.8 Å². The first-order valence-corrected chi connectivity index (χ1v) is 8.78. The van der Waals surface area contributed by atoms with E-state index < -0.39 is 37.3 Å². The average Bonchev–Trinajstić information content (AvgIpc) is 2.69. The Morgan fingerprint density at radius 2 is 1.71 bits per heavy atom. The number of aliphatic hydroxyl groups is 4. The molecule has 0 aromatic heterocycles. The van der Waals surface area contributed by atoms with Crippen LogP contribution in [-0.2, 0) is 11.2 Å². The lowest BCUT2D eigenvalue weighted by Crippen LogP contribution is -2.60. The third kappa shape index (κ3) is 4.32. The highest BCUT2D eigenvalue weighted by molar-refractivity contribution is 6.00. The van der Waals surface area contributed by atoms with Gasteiger partial charge in [-0.3, -0.25) is 4.79 Å². The van der Waals surface area contributed by atoms with Crippen molar-refractivity contribution in [3.63, 3.8) is 0 Å². The molecule has 28 heavy (non-hydrogen) atoms. The molecule has 0 saturated carbocycles. The van der Waals surface area contributed by atoms with Crippen molar-refractivity contribution in [1.29, 1.82) is 0 Å². The number of Topliss-reactive ketones (excluding diaryl/α,β-unsaturated/α-hetero) is 1. The Hall–Kier alpha value is -2.49. The van der Waals surface area contributed by atoms with Gasteiger partial charge in [0.2, 0.25) is 6.29 Å². The molecule has 1 saturated heterocycles. The van der Waals surface area contributed by atoms with Crippen molar-refractivity contribution >= 4 is 5.78 Å². The van der Waals surface area contributed by atoms with Gasteiger partial charge in [-0.05, 0) is 17.7 Å². The first-order valence-electron chi connectivity index (χ1n) is 8.78. The Bertz CT molecular complexity index is 807. The van der Waals surface area contributed by atoms with E-state index in [1.54, 1.807) is 0 Å². The summed E-state index contributed by atoms with van der Waals surface area (Å²) in [7, 11) is 0. The number of hydrogen-bond donors (Lipinski definition) is 5. The van der Waals surface area contributed by atoms with E-state index in [4.69, 9.17) is 9.47 Å². The first-order chi connectivity index (χ1) is 13.4. The Labute approximate surface area is 161 Å². The third-order valence-electron chi connectivity index (χ3n) is 4.58. The average molecular weight is 390 g/mol. The number of carbonyl (C=O) groups is 1. The lowest BCUT2D eigenvalue weighted by molar-refractivity contribution is -0.277. The zero-order valence-corrected chi connectivity index (χ0v) is 14.9. The molecular weight excluding hydrogens is 368 g/mol. The Morgan fingerprint density at radius 3 is 2.36 bits per heavy atom. The molecule has 5 atom stereocenters. The molecule has 0 bridgehead atoms. The summed E-state index contributed by atoms with van der Waals surface area (Å²) in [5.74, 6) is -0.496. The van der Waals surface area contributed by atoms with Crippen LogP contribution in [0.15, 0.2) is 48.5 Å². The molecule has 0 aliphatic carbocycles. The van der Waals surface area contributed by atoms with Crippen LogP contribution in [0.3, 0.4) is 0 Å². The van der Waals surface area contributed by atoms with Crippen LogP contribution in [0.4, 0.5) is 0 Å². The molecule has 5 N–H and O–H groups in total. The number of ketones is 1. The normalized spacial score (nSPS) is 27.4. The van der Waals surface area contributed by atoms with Crippen molar-refractivity contribution in [3.8, 4) is 11.5 Å². The Balaban J connectivity index is 1.71. The molecule has 5 unspecified atom stereocenters. The standard InChI is InChI=1S/C20H22O8/c21-10-16-17(24)18(25)19(26)20(28-16)27-12-6-7-13(15(23)9-12)14(22)8-11-4-2-1-3-5-11/h1-7,9,16-21,23-26H,8,10H2. The number of ether oxygens (including phenoxy) is 2. The predicted molar refractivity (Wildman–Crippen MR) is 97.0 cm³/mol. The van der Waals surface area contributed by atoms with Crippen LogP contribution in [0.5, 0.6) is 11.5 Å². The minimum Gasteiger partial charge on any atom is -0.507 e. The molecule has 8 nitrogen and oxygen atoms in total. The predicted octanol–water partition coefficient (Wildman–Crippen LogP) is -0.00370. The van der Waals surface area contributed by atoms with Gasteiger partial charge in [0, 0.05) is 12.5 Å². The van der Waals surface area contributed by atoms with Gasteiger partial charge < -0.3 is 35.0 Å². The molecule has 0 spiro atoms. The minimum absolute atomic E-state index is 0.0816. The zero-order valence-electron chi connectivity index (χ0n) is 14.9. The van der Waals surface area contributed by atoms with Crippen molar-refractivity contribution in [2.24, 2.45) is 0 Å². The minimum atomic E-state index is -1.57. The molecule has 150 valence electrons. The summed E-state index contributed by atoms with van der Waals surface area (Å²) in [6.07, 6.45) is -6.99. The van der Waals surface area contributed by atoms with Crippen molar-refractivity contribution in [2.75, 3.05) is 6.61 Å². The van der Waals surface area contributed by atoms with Crippen LogP contribution in [0.1, 0.15) is 15.9 Å². The molecule has 1 fully saturated rings. The van der Waals surface area contributed by atoms with E-state index in [-0.39, 0.29) is 29.3 Å². The smallest absolute Gasteiger partial charge is 0.229 e. The third-order valence-corrected chi connectivity index (χ3v) is 4.58. The molecule has 0 radical (unpaired) electrons. The maximum atomic E-state index is 12.4. The van der Waals surface area contributed by atoms with E-state index in [2.05, 4.69) is 0 Å². The van der Waals surface area contributed by atoms with Crippen LogP contribution in [0, 0.1) is 0 Å². The molecule has 1 aliphatic heterocycles. The van der Waals surface area contributed by atoms with Gasteiger partial charge in [0.1, 0.15) is 35.9 Å². The lowest BCUT2D eigenvalue weighted by Gasteiger charge is -2.39. The van der Waals surface area contributed by atoms with E-state index in [1.165, 1.54) is 18.2 Å². The topological polar surface area (TPSA) is 137 Å². The van der Waals surface area contributed by atoms with Gasteiger partial charge in [-0.2, -0.15) is 0 Å². The summed E-state index contributed by atoms with van der Waals surface area (Å²) < 4.78 is 10.7. The second-order valence-corrected chi connectivity index (χ2v) is 6.58. The molecule has 8 heteroatoms. The van der Waals surface area contributed by atoms with E-state index in [1.807, 2.05) is 30.3 Å². The summed E-state index contributed by atoms with van der Waals surface area (Å²) >= 11 is 0. The quantitative estimate of drug-likeness (QED) is 0.435. The van der Waals surface area contributed by atoms with Crippen LogP contribution < -0.4 is 4.74 Å². The van der Waals surface area contributed by atoms with Gasteiger partial charge in [-0.25, -0.2) is 0 Å². The van der Waals surface area contributed by atoms with Gasteiger partial charge in [-0.1, -0.05) is 30.3 Å². The largest absolute Gasteiger partial charge is 0.507 e. The van der Waals surface area contributed by atoms with E-state index in [9.17, 15) is 30.3 Å². The number of benzene rings is 2. The van der Waals surface area contributed by atoms with E-state index in [0.29, 0.717) is 0 Å². The van der Waals surface area contributed by atoms with Gasteiger partial charge in [-0.15, -0.1) is 0 Å². The fourth-order valence-electron chi connectivity index (χ4n) is 3.00. The highest BCUT2D eigenvalue weighted by Crippen LogP contribution is 2.29. The molecular formula is C20H22O8. The number of rotatable bonds is 6. The fourth-order valence-corrected chi connectivity index (χ4v) is 3.00. The molecule has 1 aliphatic rings. The fraction of sp³-hybridized carbons (Fsp3) is 0.350. The molecule has 2 aromatic rings. The maximum absolute atomic E-state index is 12.4. The number of carbonyl (C=O) groups excluding carboxylic acids is 1. The number of phenols is 1. The van der Waals surface area contributed by atoms with Crippen LogP contribution in [0.2, 0.25) is 0 Å². The SMILES string of the molecule is O=C(Cc1ccccc1)c1ccc(OC2OC(CO)C(O)C(O)C2O)cc1O. The van der Waals surface area contributed by atoms with Crippen molar-refractivity contribution in [2.45, 2.75) is 37.1 Å². The van der Waals surface area contributed by atoms with Gasteiger partial charge in [0.05, 0.1) is 12.2 Å². The summed E-state index contributed by atoms with van der Waals surface area (Å²) in [6, 6.07) is 13.1. The first kappa shape index (κ1) is 20.2. The van der Waals surface area contributed by atoms with Crippen LogP contribution in [0.25, 0.3) is 0 Å². The second kappa shape index (κ2) is 8.68. The van der Waals surface area contributed by atoms with Gasteiger partial charge in [0.15, 0.2) is 5.78 Å². The Morgan fingerprint density at radius 1 is 1.00 bits per heavy atom. The number of phenolic OH excluding ortho intramolecular Hbond substituents is 1. The monoisotopic (exact) mass is 390 g/mol. The zero-order chi connectivity index (χ0) is 20.3. The van der Waals surface area contributed by atoms with E-state index in [0.717, 1.165) is 5.56 Å². The van der Waals surface area contributed by atoms with Gasteiger partial charge >= 0.3 is 0 Å². The van der Waals surface area contributed by atoms with Crippen LogP contribution in [-0.4, -0.2) is 68.6 Å². The van der Waals surface area contributed by atoms with Crippen molar-refractivity contribution in [1.82, 2.24) is 0 Å². The van der Waals surface area contributed by atoms with Gasteiger partial charge in [0.25, 0.3) is 0 Å². The molecule has 0 amide bonds. The second-order valence-electron chi connectivity index (χ2n) is 6.58. The lowest BCUT2D eigenvalue weighted by atomic mass is 9.99. The summed E-state index contributed by atoms with van der Waals surface area (Å²) in [5.41, 5.74) is 0.929. The molecule has 1 heterocycles. The molecule has 2 aromatic carbocycles. The number of aliphatic hydroxyl groups excluding tert-OH is 4.